The predicted octanol–water partition coefficient (Wildman–Crippen LogP) is 1.24. The van der Waals surface area contributed by atoms with E-state index in [9.17, 15) is 9.59 Å². The molecular formula is C14H15N3O3S. The quantitative estimate of drug-likeness (QED) is 0.801. The van der Waals surface area contributed by atoms with E-state index in [2.05, 4.69) is 5.10 Å². The van der Waals surface area contributed by atoms with E-state index < -0.39 is 12.0 Å². The third-order valence-corrected chi connectivity index (χ3v) is 4.56. The van der Waals surface area contributed by atoms with E-state index >= 15 is 0 Å². The van der Waals surface area contributed by atoms with E-state index in [4.69, 9.17) is 4.74 Å². The zero-order chi connectivity index (χ0) is 14.8. The van der Waals surface area contributed by atoms with Crippen LogP contribution >= 0.6 is 11.3 Å². The highest BCUT2D eigenvalue weighted by molar-refractivity contribution is 7.10. The Morgan fingerprint density at radius 2 is 2.38 bits per heavy atom. The number of nitrogens with zero attached hydrogens (tertiary/aromatic N) is 3. The molecule has 0 radical (unpaired) electrons. The maximum atomic E-state index is 12.5. The molecule has 2 aromatic rings. The van der Waals surface area contributed by atoms with Crippen LogP contribution in [0.1, 0.15) is 16.5 Å². The molecular weight excluding hydrogens is 290 g/mol. The molecule has 0 saturated heterocycles. The third kappa shape index (κ3) is 2.56. The van der Waals surface area contributed by atoms with Crippen molar-refractivity contribution < 1.29 is 14.3 Å². The van der Waals surface area contributed by atoms with Crippen molar-refractivity contribution in [2.24, 2.45) is 0 Å². The number of methoxy groups -OCH3 is 1. The number of hydrogen-bond donors (Lipinski definition) is 0. The van der Waals surface area contributed by atoms with Crippen LogP contribution in [0.4, 0.5) is 0 Å². The van der Waals surface area contributed by atoms with Crippen molar-refractivity contribution in [3.8, 4) is 0 Å². The SMILES string of the molecule is COC(=O)C1c2ccsc2CCN1C(=O)Cn1cccn1. The normalized spacial score (nSPS) is 17.4. The lowest BCUT2D eigenvalue weighted by Crippen LogP contribution is -2.44. The molecule has 1 aliphatic rings. The number of hydrogen-bond acceptors (Lipinski definition) is 5. The van der Waals surface area contributed by atoms with Gasteiger partial charge in [0.1, 0.15) is 6.54 Å². The smallest absolute Gasteiger partial charge is 0.333 e. The summed E-state index contributed by atoms with van der Waals surface area (Å²) in [4.78, 5) is 27.3. The average Bonchev–Trinajstić information content (AvgIpc) is 3.15. The summed E-state index contributed by atoms with van der Waals surface area (Å²) in [7, 11) is 1.35. The van der Waals surface area contributed by atoms with E-state index in [1.807, 2.05) is 11.4 Å². The van der Waals surface area contributed by atoms with Gasteiger partial charge in [-0.25, -0.2) is 4.79 Å². The van der Waals surface area contributed by atoms with Crippen LogP contribution in [-0.4, -0.2) is 40.2 Å². The lowest BCUT2D eigenvalue weighted by Gasteiger charge is -2.34. The Morgan fingerprint density at radius 3 is 3.10 bits per heavy atom. The predicted molar refractivity (Wildman–Crippen MR) is 76.7 cm³/mol. The maximum absolute atomic E-state index is 12.5. The van der Waals surface area contributed by atoms with Crippen LogP contribution in [0.15, 0.2) is 29.9 Å². The maximum Gasteiger partial charge on any atom is 0.333 e. The van der Waals surface area contributed by atoms with Gasteiger partial charge >= 0.3 is 5.97 Å². The van der Waals surface area contributed by atoms with Crippen LogP contribution in [0.3, 0.4) is 0 Å². The fourth-order valence-corrected chi connectivity index (χ4v) is 3.48. The molecule has 2 aromatic heterocycles. The number of fused-ring (bicyclic) bond motifs is 1. The third-order valence-electron chi connectivity index (χ3n) is 3.57. The molecule has 0 fully saturated rings. The minimum atomic E-state index is -0.645. The lowest BCUT2D eigenvalue weighted by atomic mass is 10.00. The van der Waals surface area contributed by atoms with E-state index in [-0.39, 0.29) is 12.5 Å². The summed E-state index contributed by atoms with van der Waals surface area (Å²) in [6, 6.07) is 3.01. The average molecular weight is 305 g/mol. The molecule has 6 nitrogen and oxygen atoms in total. The largest absolute Gasteiger partial charge is 0.467 e. The summed E-state index contributed by atoms with van der Waals surface area (Å²) >= 11 is 1.61. The second kappa shape index (κ2) is 5.69. The molecule has 1 unspecified atom stereocenters. The number of amides is 1. The second-order valence-corrected chi connectivity index (χ2v) is 5.77. The summed E-state index contributed by atoms with van der Waals surface area (Å²) in [5, 5.41) is 5.98. The molecule has 7 heteroatoms. The highest BCUT2D eigenvalue weighted by atomic mass is 32.1. The van der Waals surface area contributed by atoms with Gasteiger partial charge in [-0.3, -0.25) is 9.48 Å². The molecule has 3 heterocycles. The molecule has 0 saturated carbocycles. The molecule has 1 amide bonds. The first kappa shape index (κ1) is 13.8. The molecule has 21 heavy (non-hydrogen) atoms. The first-order chi connectivity index (χ1) is 10.2. The zero-order valence-corrected chi connectivity index (χ0v) is 12.4. The van der Waals surface area contributed by atoms with Gasteiger partial charge in [0.15, 0.2) is 6.04 Å². The topological polar surface area (TPSA) is 64.4 Å². The minimum absolute atomic E-state index is 0.125. The van der Waals surface area contributed by atoms with Crippen LogP contribution in [-0.2, 0) is 27.3 Å². The summed E-state index contributed by atoms with van der Waals surface area (Å²) in [6.45, 7) is 0.646. The molecule has 0 aliphatic carbocycles. The second-order valence-electron chi connectivity index (χ2n) is 4.77. The fraction of sp³-hybridized carbons (Fsp3) is 0.357. The van der Waals surface area contributed by atoms with Gasteiger partial charge in [0.2, 0.25) is 5.91 Å². The van der Waals surface area contributed by atoms with Crippen molar-refractivity contribution in [3.05, 3.63) is 40.3 Å². The Balaban J connectivity index is 1.86. The molecule has 0 spiro atoms. The van der Waals surface area contributed by atoms with Gasteiger partial charge < -0.3 is 9.64 Å². The number of esters is 1. The standard InChI is InChI=1S/C14H15N3O3S/c1-20-14(19)13-10-4-8-21-11(10)3-7-17(13)12(18)9-16-6-2-5-15-16/h2,4-6,8,13H,3,7,9H2,1H3. The lowest BCUT2D eigenvalue weighted by molar-refractivity contribution is -0.154. The van der Waals surface area contributed by atoms with Gasteiger partial charge in [0.05, 0.1) is 7.11 Å². The van der Waals surface area contributed by atoms with Gasteiger partial charge in [-0.2, -0.15) is 5.10 Å². The van der Waals surface area contributed by atoms with E-state index in [0.717, 1.165) is 16.9 Å². The fourth-order valence-electron chi connectivity index (χ4n) is 2.57. The highest BCUT2D eigenvalue weighted by Gasteiger charge is 2.37. The van der Waals surface area contributed by atoms with Crippen molar-refractivity contribution in [2.45, 2.75) is 19.0 Å². The monoisotopic (exact) mass is 305 g/mol. The Morgan fingerprint density at radius 1 is 1.52 bits per heavy atom. The van der Waals surface area contributed by atoms with Crippen molar-refractivity contribution in [1.29, 1.82) is 0 Å². The Kier molecular flexibility index (Phi) is 3.74. The summed E-state index contributed by atoms with van der Waals surface area (Å²) in [6.07, 6.45) is 4.12. The molecule has 0 N–H and O–H groups in total. The van der Waals surface area contributed by atoms with Gasteiger partial charge in [0, 0.05) is 23.8 Å². The van der Waals surface area contributed by atoms with Crippen LogP contribution < -0.4 is 0 Å². The van der Waals surface area contributed by atoms with Gasteiger partial charge in [-0.05, 0) is 29.5 Å². The molecule has 1 atom stereocenters. The van der Waals surface area contributed by atoms with Gasteiger partial charge in [0.25, 0.3) is 0 Å². The van der Waals surface area contributed by atoms with Crippen LogP contribution in [0, 0.1) is 0 Å². The van der Waals surface area contributed by atoms with Crippen LogP contribution in [0.25, 0.3) is 0 Å². The Hall–Kier alpha value is -2.15. The molecule has 3 rings (SSSR count). The van der Waals surface area contributed by atoms with Crippen LogP contribution in [0.2, 0.25) is 0 Å². The molecule has 110 valence electrons. The Labute approximate surface area is 125 Å². The van der Waals surface area contributed by atoms with Gasteiger partial charge in [-0.1, -0.05) is 0 Å². The van der Waals surface area contributed by atoms with E-state index in [0.29, 0.717) is 6.54 Å². The number of carbonyl (C=O) groups is 2. The van der Waals surface area contributed by atoms with Crippen molar-refractivity contribution >= 4 is 23.2 Å². The number of rotatable bonds is 3. The molecule has 1 aliphatic heterocycles. The number of ether oxygens (including phenoxy) is 1. The molecule has 0 aromatic carbocycles. The summed E-state index contributed by atoms with van der Waals surface area (Å²) in [5.41, 5.74) is 0.881. The number of carbonyl (C=O) groups excluding carboxylic acids is 2. The van der Waals surface area contributed by atoms with Crippen LogP contribution in [0.5, 0.6) is 0 Å². The van der Waals surface area contributed by atoms with Crippen molar-refractivity contribution in [3.63, 3.8) is 0 Å². The zero-order valence-electron chi connectivity index (χ0n) is 11.6. The highest BCUT2D eigenvalue weighted by Crippen LogP contribution is 2.34. The number of aromatic nitrogens is 2. The van der Waals surface area contributed by atoms with Crippen molar-refractivity contribution in [2.75, 3.05) is 13.7 Å². The molecule has 0 bridgehead atoms. The van der Waals surface area contributed by atoms with Crippen molar-refractivity contribution in [1.82, 2.24) is 14.7 Å². The first-order valence-corrected chi connectivity index (χ1v) is 7.49. The van der Waals surface area contributed by atoms with Gasteiger partial charge in [-0.15, -0.1) is 11.3 Å². The minimum Gasteiger partial charge on any atom is -0.467 e. The Bertz CT molecular complexity index is 650. The summed E-state index contributed by atoms with van der Waals surface area (Å²) < 4.78 is 6.44. The summed E-state index contributed by atoms with van der Waals surface area (Å²) in [5.74, 6) is -0.533. The van der Waals surface area contributed by atoms with E-state index in [1.165, 1.54) is 7.11 Å². The first-order valence-electron chi connectivity index (χ1n) is 6.61. The number of thiophene rings is 1. The van der Waals surface area contributed by atoms with E-state index in [1.54, 1.807) is 39.4 Å².